The van der Waals surface area contributed by atoms with Crippen LogP contribution in [-0.4, -0.2) is 50.0 Å². The molecule has 7 heteroatoms. The predicted octanol–water partition coefficient (Wildman–Crippen LogP) is 1.39. The lowest BCUT2D eigenvalue weighted by atomic mass is 10.2. The monoisotopic (exact) mass is 290 g/mol. The molecular weight excluding hydrogens is 272 g/mol. The SMILES string of the molecule is CCN(CC)C(=O)CCn1nnc2cccc(C(=O)O)c21. The minimum absolute atomic E-state index is 0.0245. The molecule has 1 aromatic carbocycles. The van der Waals surface area contributed by atoms with Crippen molar-refractivity contribution in [1.29, 1.82) is 0 Å². The summed E-state index contributed by atoms with van der Waals surface area (Å²) in [5.74, 6) is -1.00. The first-order valence-electron chi connectivity index (χ1n) is 6.91. The van der Waals surface area contributed by atoms with Crippen LogP contribution < -0.4 is 0 Å². The van der Waals surface area contributed by atoms with Crippen molar-refractivity contribution in [2.24, 2.45) is 0 Å². The number of hydrogen-bond acceptors (Lipinski definition) is 4. The molecule has 0 atom stereocenters. The summed E-state index contributed by atoms with van der Waals surface area (Å²) in [6.07, 6.45) is 0.272. The van der Waals surface area contributed by atoms with Gasteiger partial charge in [0.1, 0.15) is 11.0 Å². The van der Waals surface area contributed by atoms with Gasteiger partial charge in [-0.3, -0.25) is 4.79 Å². The lowest BCUT2D eigenvalue weighted by molar-refractivity contribution is -0.131. The molecule has 0 bridgehead atoms. The highest BCUT2D eigenvalue weighted by Gasteiger charge is 2.16. The van der Waals surface area contributed by atoms with Crippen molar-refractivity contribution in [2.75, 3.05) is 13.1 Å². The third-order valence-electron chi connectivity index (χ3n) is 3.42. The van der Waals surface area contributed by atoms with Crippen LogP contribution in [0.1, 0.15) is 30.6 Å². The van der Waals surface area contributed by atoms with Crippen LogP contribution in [-0.2, 0) is 11.3 Å². The van der Waals surface area contributed by atoms with Gasteiger partial charge in [-0.1, -0.05) is 11.3 Å². The number of hydrogen-bond donors (Lipinski definition) is 1. The van der Waals surface area contributed by atoms with Crippen molar-refractivity contribution < 1.29 is 14.7 Å². The maximum atomic E-state index is 12.0. The van der Waals surface area contributed by atoms with Crippen LogP contribution >= 0.6 is 0 Å². The summed E-state index contributed by atoms with van der Waals surface area (Å²) in [4.78, 5) is 25.0. The second-order valence-electron chi connectivity index (χ2n) is 4.61. The maximum Gasteiger partial charge on any atom is 0.337 e. The van der Waals surface area contributed by atoms with Gasteiger partial charge >= 0.3 is 5.97 Å². The number of nitrogens with zero attached hydrogens (tertiary/aromatic N) is 4. The van der Waals surface area contributed by atoms with Crippen molar-refractivity contribution in [3.63, 3.8) is 0 Å². The van der Waals surface area contributed by atoms with Crippen molar-refractivity contribution in [2.45, 2.75) is 26.8 Å². The summed E-state index contributed by atoms with van der Waals surface area (Å²) in [6.45, 7) is 5.49. The highest BCUT2D eigenvalue weighted by atomic mass is 16.4. The normalized spacial score (nSPS) is 10.8. The Hall–Kier alpha value is -2.44. The van der Waals surface area contributed by atoms with E-state index in [9.17, 15) is 14.7 Å². The quantitative estimate of drug-likeness (QED) is 0.868. The Balaban J connectivity index is 2.23. The third-order valence-corrected chi connectivity index (χ3v) is 3.42. The fourth-order valence-electron chi connectivity index (χ4n) is 2.30. The molecule has 0 saturated heterocycles. The fourth-order valence-corrected chi connectivity index (χ4v) is 2.30. The van der Waals surface area contributed by atoms with Crippen molar-refractivity contribution in [3.05, 3.63) is 23.8 Å². The summed E-state index contributed by atoms with van der Waals surface area (Å²) in [7, 11) is 0. The molecule has 1 N–H and O–H groups in total. The van der Waals surface area contributed by atoms with Crippen molar-refractivity contribution in [3.8, 4) is 0 Å². The van der Waals surface area contributed by atoms with Gasteiger partial charge in [0.2, 0.25) is 5.91 Å². The molecule has 0 aliphatic heterocycles. The zero-order valence-corrected chi connectivity index (χ0v) is 12.1. The van der Waals surface area contributed by atoms with Gasteiger partial charge in [-0.15, -0.1) is 5.10 Å². The molecule has 1 heterocycles. The van der Waals surface area contributed by atoms with E-state index in [0.717, 1.165) is 0 Å². The molecule has 112 valence electrons. The number of benzene rings is 1. The molecule has 0 saturated carbocycles. The number of aromatic carboxylic acids is 1. The Morgan fingerprint density at radius 3 is 2.62 bits per heavy atom. The number of para-hydroxylation sites is 1. The van der Waals surface area contributed by atoms with E-state index in [2.05, 4.69) is 10.3 Å². The number of aromatic nitrogens is 3. The van der Waals surface area contributed by atoms with Crippen LogP contribution in [0.25, 0.3) is 11.0 Å². The number of carboxylic acid groups (broad SMARTS) is 1. The molecule has 0 aliphatic carbocycles. The molecule has 21 heavy (non-hydrogen) atoms. The van der Waals surface area contributed by atoms with E-state index < -0.39 is 5.97 Å². The molecular formula is C14H18N4O3. The van der Waals surface area contributed by atoms with E-state index in [1.807, 2.05) is 13.8 Å². The van der Waals surface area contributed by atoms with E-state index in [1.54, 1.807) is 17.0 Å². The summed E-state index contributed by atoms with van der Waals surface area (Å²) < 4.78 is 1.49. The molecule has 2 aromatic rings. The standard InChI is InChI=1S/C14H18N4O3/c1-3-17(4-2)12(19)8-9-18-13-10(14(20)21)6-5-7-11(13)15-16-18/h5-7H,3-4,8-9H2,1-2H3,(H,20,21). The number of carbonyl (C=O) groups is 2. The minimum Gasteiger partial charge on any atom is -0.478 e. The van der Waals surface area contributed by atoms with Crippen LogP contribution in [0.2, 0.25) is 0 Å². The minimum atomic E-state index is -1.03. The van der Waals surface area contributed by atoms with Crippen molar-refractivity contribution in [1.82, 2.24) is 19.9 Å². The molecule has 0 radical (unpaired) electrons. The number of aryl methyl sites for hydroxylation is 1. The molecule has 0 unspecified atom stereocenters. The van der Waals surface area contributed by atoms with E-state index in [0.29, 0.717) is 30.7 Å². The Bertz CT molecular complexity index is 661. The summed E-state index contributed by atoms with van der Waals surface area (Å²) in [5.41, 5.74) is 1.12. The summed E-state index contributed by atoms with van der Waals surface area (Å²) >= 11 is 0. The Labute approximate surface area is 122 Å². The van der Waals surface area contributed by atoms with E-state index in [4.69, 9.17) is 0 Å². The lowest BCUT2D eigenvalue weighted by Gasteiger charge is -2.18. The van der Waals surface area contributed by atoms with E-state index in [-0.39, 0.29) is 17.9 Å². The number of rotatable bonds is 6. The zero-order valence-electron chi connectivity index (χ0n) is 12.1. The first-order chi connectivity index (χ1) is 10.1. The van der Waals surface area contributed by atoms with Gasteiger partial charge in [-0.2, -0.15) is 0 Å². The second-order valence-corrected chi connectivity index (χ2v) is 4.61. The van der Waals surface area contributed by atoms with Crippen LogP contribution in [0.3, 0.4) is 0 Å². The largest absolute Gasteiger partial charge is 0.478 e. The lowest BCUT2D eigenvalue weighted by Crippen LogP contribution is -2.31. The molecule has 0 spiro atoms. The van der Waals surface area contributed by atoms with Gasteiger partial charge < -0.3 is 10.0 Å². The van der Waals surface area contributed by atoms with Crippen molar-refractivity contribution >= 4 is 22.9 Å². The topological polar surface area (TPSA) is 88.3 Å². The Morgan fingerprint density at radius 2 is 2.00 bits per heavy atom. The van der Waals surface area contributed by atoms with Crippen LogP contribution in [0.4, 0.5) is 0 Å². The summed E-state index contributed by atoms with van der Waals surface area (Å²) in [6, 6.07) is 4.85. The zero-order chi connectivity index (χ0) is 15.4. The van der Waals surface area contributed by atoms with E-state index in [1.165, 1.54) is 10.7 Å². The van der Waals surface area contributed by atoms with Gasteiger partial charge in [0.25, 0.3) is 0 Å². The molecule has 2 rings (SSSR count). The van der Waals surface area contributed by atoms with Gasteiger partial charge in [0, 0.05) is 19.5 Å². The maximum absolute atomic E-state index is 12.0. The van der Waals surface area contributed by atoms with Crippen LogP contribution in [0.5, 0.6) is 0 Å². The smallest absolute Gasteiger partial charge is 0.337 e. The first-order valence-corrected chi connectivity index (χ1v) is 6.91. The van der Waals surface area contributed by atoms with Gasteiger partial charge in [-0.05, 0) is 26.0 Å². The van der Waals surface area contributed by atoms with Gasteiger partial charge in [0.15, 0.2) is 0 Å². The second kappa shape index (κ2) is 6.34. The summed E-state index contributed by atoms with van der Waals surface area (Å²) in [5, 5.41) is 17.1. The average molecular weight is 290 g/mol. The highest BCUT2D eigenvalue weighted by molar-refractivity contribution is 6.00. The molecule has 0 aliphatic rings. The molecule has 7 nitrogen and oxygen atoms in total. The third kappa shape index (κ3) is 3.01. The number of carboxylic acids is 1. The van der Waals surface area contributed by atoms with Crippen LogP contribution in [0, 0.1) is 0 Å². The predicted molar refractivity (Wildman–Crippen MR) is 77.0 cm³/mol. The van der Waals surface area contributed by atoms with Gasteiger partial charge in [-0.25, -0.2) is 9.48 Å². The number of carbonyl (C=O) groups excluding carboxylic acids is 1. The molecule has 0 fully saturated rings. The van der Waals surface area contributed by atoms with E-state index >= 15 is 0 Å². The number of fused-ring (bicyclic) bond motifs is 1. The highest BCUT2D eigenvalue weighted by Crippen LogP contribution is 2.17. The first kappa shape index (κ1) is 15.0. The Kier molecular flexibility index (Phi) is 4.52. The van der Waals surface area contributed by atoms with Gasteiger partial charge in [0.05, 0.1) is 12.1 Å². The fraction of sp³-hybridized carbons (Fsp3) is 0.429. The molecule has 1 amide bonds. The molecule has 1 aromatic heterocycles. The van der Waals surface area contributed by atoms with Crippen LogP contribution in [0.15, 0.2) is 18.2 Å². The number of amides is 1. The Morgan fingerprint density at radius 1 is 1.29 bits per heavy atom. The average Bonchev–Trinajstić information content (AvgIpc) is 2.89.